The van der Waals surface area contributed by atoms with Gasteiger partial charge in [0.25, 0.3) is 0 Å². The van der Waals surface area contributed by atoms with Gasteiger partial charge in [-0.05, 0) is 19.8 Å². The highest BCUT2D eigenvalue weighted by molar-refractivity contribution is 5.94. The predicted molar refractivity (Wildman–Crippen MR) is 71.7 cm³/mol. The predicted octanol–water partition coefficient (Wildman–Crippen LogP) is 1.98. The zero-order valence-electron chi connectivity index (χ0n) is 11.8. The van der Waals surface area contributed by atoms with Gasteiger partial charge in [-0.2, -0.15) is 5.10 Å². The molecule has 1 rings (SSSR count). The van der Waals surface area contributed by atoms with Gasteiger partial charge in [0.1, 0.15) is 0 Å². The molecule has 0 radical (unpaired) electrons. The highest BCUT2D eigenvalue weighted by atomic mass is 16.4. The lowest BCUT2D eigenvalue weighted by Crippen LogP contribution is -2.37. The molecule has 0 aliphatic heterocycles. The molecular weight excluding hydrogens is 246 g/mol. The van der Waals surface area contributed by atoms with Crippen molar-refractivity contribution >= 4 is 17.6 Å². The van der Waals surface area contributed by atoms with E-state index in [1.54, 1.807) is 37.8 Å². The summed E-state index contributed by atoms with van der Waals surface area (Å²) in [5, 5.41) is 16.0. The van der Waals surface area contributed by atoms with E-state index in [0.717, 1.165) is 0 Å². The summed E-state index contributed by atoms with van der Waals surface area (Å²) >= 11 is 0. The maximum Gasteiger partial charge on any atom is 0.310 e. The number of carboxylic acid groups (broad SMARTS) is 1. The standard InChI is InChI=1S/C13H21N3O3/c1-5-16-8-10(7-14-16)15-11(17)6-13(4,9(2)3)12(18)19/h7-9H,5-6H2,1-4H3,(H,15,17)(H,18,19). The first kappa shape index (κ1) is 15.2. The van der Waals surface area contributed by atoms with Gasteiger partial charge in [-0.25, -0.2) is 0 Å². The molecule has 6 heteroatoms. The summed E-state index contributed by atoms with van der Waals surface area (Å²) in [5.74, 6) is -1.40. The Bertz CT molecular complexity index is 467. The zero-order valence-corrected chi connectivity index (χ0v) is 11.8. The van der Waals surface area contributed by atoms with Crippen molar-refractivity contribution in [3.63, 3.8) is 0 Å². The van der Waals surface area contributed by atoms with Crippen molar-refractivity contribution in [2.24, 2.45) is 11.3 Å². The molecule has 2 N–H and O–H groups in total. The van der Waals surface area contributed by atoms with Gasteiger partial charge < -0.3 is 10.4 Å². The summed E-state index contributed by atoms with van der Waals surface area (Å²) in [4.78, 5) is 23.2. The first-order chi connectivity index (χ1) is 8.79. The molecule has 1 aromatic heterocycles. The number of carbonyl (C=O) groups is 2. The number of rotatable bonds is 6. The van der Waals surface area contributed by atoms with Gasteiger partial charge in [0.2, 0.25) is 5.91 Å². The molecule has 0 saturated carbocycles. The molecular formula is C13H21N3O3. The highest BCUT2D eigenvalue weighted by Gasteiger charge is 2.38. The largest absolute Gasteiger partial charge is 0.481 e. The van der Waals surface area contributed by atoms with Crippen LogP contribution in [0.1, 0.15) is 34.1 Å². The molecule has 1 heterocycles. The molecule has 6 nitrogen and oxygen atoms in total. The van der Waals surface area contributed by atoms with Gasteiger partial charge in [0, 0.05) is 19.2 Å². The monoisotopic (exact) mass is 267 g/mol. The lowest BCUT2D eigenvalue weighted by Gasteiger charge is -2.28. The van der Waals surface area contributed by atoms with Crippen LogP contribution in [0.5, 0.6) is 0 Å². The summed E-state index contributed by atoms with van der Waals surface area (Å²) in [5.41, 5.74) is -0.478. The van der Waals surface area contributed by atoms with E-state index in [9.17, 15) is 14.7 Å². The van der Waals surface area contributed by atoms with Gasteiger partial charge >= 0.3 is 5.97 Å². The van der Waals surface area contributed by atoms with Crippen molar-refractivity contribution in [2.45, 2.75) is 40.7 Å². The fourth-order valence-corrected chi connectivity index (χ4v) is 1.67. The number of aromatic nitrogens is 2. The smallest absolute Gasteiger partial charge is 0.310 e. The fraction of sp³-hybridized carbons (Fsp3) is 0.615. The SMILES string of the molecule is CCn1cc(NC(=O)CC(C)(C(=O)O)C(C)C)cn1. The average molecular weight is 267 g/mol. The maximum absolute atomic E-state index is 11.9. The molecule has 0 spiro atoms. The Labute approximate surface area is 112 Å². The lowest BCUT2D eigenvalue weighted by atomic mass is 9.76. The van der Waals surface area contributed by atoms with Crippen LogP contribution in [0.25, 0.3) is 0 Å². The third-order valence-corrected chi connectivity index (χ3v) is 3.53. The number of nitrogens with one attached hydrogen (secondary N) is 1. The molecule has 1 unspecified atom stereocenters. The van der Waals surface area contributed by atoms with Crippen LogP contribution in [0.15, 0.2) is 12.4 Å². The number of carboxylic acids is 1. The van der Waals surface area contributed by atoms with E-state index in [-0.39, 0.29) is 18.2 Å². The number of amides is 1. The van der Waals surface area contributed by atoms with Gasteiger partial charge in [-0.15, -0.1) is 0 Å². The van der Waals surface area contributed by atoms with Gasteiger partial charge in [-0.1, -0.05) is 13.8 Å². The highest BCUT2D eigenvalue weighted by Crippen LogP contribution is 2.31. The summed E-state index contributed by atoms with van der Waals surface area (Å²) in [6.45, 7) is 7.86. The maximum atomic E-state index is 11.9. The molecule has 106 valence electrons. The van der Waals surface area contributed by atoms with Crippen molar-refractivity contribution < 1.29 is 14.7 Å². The molecule has 1 aromatic rings. The number of nitrogens with zero attached hydrogens (tertiary/aromatic N) is 2. The van der Waals surface area contributed by atoms with E-state index in [4.69, 9.17) is 0 Å². The van der Waals surface area contributed by atoms with Crippen LogP contribution in [-0.4, -0.2) is 26.8 Å². The van der Waals surface area contributed by atoms with E-state index >= 15 is 0 Å². The Balaban J connectivity index is 2.71. The minimum Gasteiger partial charge on any atom is -0.481 e. The van der Waals surface area contributed by atoms with Gasteiger partial charge in [0.15, 0.2) is 0 Å². The van der Waals surface area contributed by atoms with Crippen molar-refractivity contribution in [3.8, 4) is 0 Å². The summed E-state index contributed by atoms with van der Waals surface area (Å²) in [7, 11) is 0. The summed E-state index contributed by atoms with van der Waals surface area (Å²) in [6, 6.07) is 0. The normalized spacial score (nSPS) is 14.2. The van der Waals surface area contributed by atoms with Crippen LogP contribution in [0.2, 0.25) is 0 Å². The lowest BCUT2D eigenvalue weighted by molar-refractivity contribution is -0.153. The number of anilines is 1. The van der Waals surface area contributed by atoms with E-state index in [1.165, 1.54) is 0 Å². The van der Waals surface area contributed by atoms with Crippen LogP contribution in [0, 0.1) is 11.3 Å². The molecule has 0 bridgehead atoms. The quantitative estimate of drug-likeness (QED) is 0.825. The molecule has 1 atom stereocenters. The number of hydrogen-bond acceptors (Lipinski definition) is 3. The second kappa shape index (κ2) is 5.86. The first-order valence-corrected chi connectivity index (χ1v) is 6.35. The zero-order chi connectivity index (χ0) is 14.6. The van der Waals surface area contributed by atoms with Crippen LogP contribution in [-0.2, 0) is 16.1 Å². The number of aliphatic carboxylic acids is 1. The Kier molecular flexibility index (Phi) is 4.69. The summed E-state index contributed by atoms with van der Waals surface area (Å²) < 4.78 is 1.69. The molecule has 0 saturated heterocycles. The van der Waals surface area contributed by atoms with E-state index in [1.807, 2.05) is 6.92 Å². The van der Waals surface area contributed by atoms with Crippen molar-refractivity contribution in [1.82, 2.24) is 9.78 Å². The second-order valence-corrected chi connectivity index (χ2v) is 5.19. The topological polar surface area (TPSA) is 84.2 Å². The van der Waals surface area contributed by atoms with E-state index in [0.29, 0.717) is 12.2 Å². The number of carbonyl (C=O) groups excluding carboxylic acids is 1. The number of hydrogen-bond donors (Lipinski definition) is 2. The number of aryl methyl sites for hydroxylation is 1. The van der Waals surface area contributed by atoms with Crippen molar-refractivity contribution in [3.05, 3.63) is 12.4 Å². The second-order valence-electron chi connectivity index (χ2n) is 5.19. The molecule has 0 fully saturated rings. The molecule has 0 aliphatic rings. The molecule has 0 aliphatic carbocycles. The Morgan fingerprint density at radius 3 is 2.58 bits per heavy atom. The Morgan fingerprint density at radius 2 is 2.16 bits per heavy atom. The van der Waals surface area contributed by atoms with Crippen LogP contribution in [0.4, 0.5) is 5.69 Å². The first-order valence-electron chi connectivity index (χ1n) is 6.35. The molecule has 1 amide bonds. The van der Waals surface area contributed by atoms with Gasteiger partial charge in [-0.3, -0.25) is 14.3 Å². The minimum atomic E-state index is -1.06. The average Bonchev–Trinajstić information content (AvgIpc) is 2.75. The van der Waals surface area contributed by atoms with Crippen LogP contribution < -0.4 is 5.32 Å². The van der Waals surface area contributed by atoms with Crippen LogP contribution in [0.3, 0.4) is 0 Å². The van der Waals surface area contributed by atoms with E-state index < -0.39 is 11.4 Å². The molecule has 19 heavy (non-hydrogen) atoms. The van der Waals surface area contributed by atoms with Crippen molar-refractivity contribution in [2.75, 3.05) is 5.32 Å². The molecule has 0 aromatic carbocycles. The Morgan fingerprint density at radius 1 is 1.53 bits per heavy atom. The third-order valence-electron chi connectivity index (χ3n) is 3.53. The van der Waals surface area contributed by atoms with Gasteiger partial charge in [0.05, 0.1) is 17.3 Å². The van der Waals surface area contributed by atoms with E-state index in [2.05, 4.69) is 10.4 Å². The third kappa shape index (κ3) is 3.56. The Hall–Kier alpha value is -1.85. The summed E-state index contributed by atoms with van der Waals surface area (Å²) in [6.07, 6.45) is 3.21. The minimum absolute atomic E-state index is 0.0582. The van der Waals surface area contributed by atoms with Crippen molar-refractivity contribution in [1.29, 1.82) is 0 Å². The van der Waals surface area contributed by atoms with Crippen LogP contribution >= 0.6 is 0 Å². The fourth-order valence-electron chi connectivity index (χ4n) is 1.67.